The van der Waals surface area contributed by atoms with Gasteiger partial charge < -0.3 is 5.32 Å². The van der Waals surface area contributed by atoms with Gasteiger partial charge in [-0.1, -0.05) is 41.4 Å². The van der Waals surface area contributed by atoms with E-state index in [4.69, 9.17) is 11.6 Å². The highest BCUT2D eigenvalue weighted by Gasteiger charge is 2.10. The van der Waals surface area contributed by atoms with Crippen molar-refractivity contribution < 1.29 is 4.92 Å². The molecule has 1 unspecified atom stereocenters. The van der Waals surface area contributed by atoms with Crippen LogP contribution in [-0.2, 0) is 6.54 Å². The third kappa shape index (κ3) is 4.03. The number of halogens is 1. The lowest BCUT2D eigenvalue weighted by atomic mass is 10.1. The Balaban J connectivity index is 2.02. The zero-order valence-corrected chi connectivity index (χ0v) is 12.7. The van der Waals surface area contributed by atoms with Crippen molar-refractivity contribution in [3.05, 3.63) is 74.3 Å². The molecule has 0 saturated heterocycles. The molecule has 21 heavy (non-hydrogen) atoms. The number of nitrogens with one attached hydrogen (secondary N) is 1. The van der Waals surface area contributed by atoms with Gasteiger partial charge in [-0.2, -0.15) is 0 Å². The molecule has 0 aromatic heterocycles. The van der Waals surface area contributed by atoms with Crippen molar-refractivity contribution >= 4 is 17.3 Å². The molecule has 110 valence electrons. The van der Waals surface area contributed by atoms with Crippen molar-refractivity contribution in [1.82, 2.24) is 5.32 Å². The fourth-order valence-electron chi connectivity index (χ4n) is 2.03. The van der Waals surface area contributed by atoms with Crippen molar-refractivity contribution in [3.63, 3.8) is 0 Å². The normalized spacial score (nSPS) is 12.1. The van der Waals surface area contributed by atoms with E-state index in [0.29, 0.717) is 11.6 Å². The second kappa shape index (κ2) is 6.70. The van der Waals surface area contributed by atoms with Gasteiger partial charge in [0.2, 0.25) is 0 Å². The summed E-state index contributed by atoms with van der Waals surface area (Å²) >= 11 is 6.08. The Morgan fingerprint density at radius 3 is 2.48 bits per heavy atom. The number of aryl methyl sites for hydroxylation is 1. The smallest absolute Gasteiger partial charge is 0.270 e. The van der Waals surface area contributed by atoms with Crippen molar-refractivity contribution in [2.24, 2.45) is 0 Å². The minimum absolute atomic E-state index is 0.00957. The van der Waals surface area contributed by atoms with Crippen LogP contribution in [0.2, 0.25) is 5.02 Å². The molecule has 0 heterocycles. The van der Waals surface area contributed by atoms with E-state index in [1.807, 2.05) is 0 Å². The second-order valence-corrected chi connectivity index (χ2v) is 5.45. The Morgan fingerprint density at radius 1 is 1.24 bits per heavy atom. The first-order chi connectivity index (χ1) is 9.97. The largest absolute Gasteiger partial charge is 0.306 e. The van der Waals surface area contributed by atoms with Crippen LogP contribution in [0.4, 0.5) is 5.69 Å². The summed E-state index contributed by atoms with van der Waals surface area (Å²) in [7, 11) is 0. The van der Waals surface area contributed by atoms with Gasteiger partial charge in [0.25, 0.3) is 5.69 Å². The van der Waals surface area contributed by atoms with Gasteiger partial charge in [0.1, 0.15) is 0 Å². The molecule has 0 spiro atoms. The van der Waals surface area contributed by atoms with Gasteiger partial charge in [0.05, 0.1) is 9.95 Å². The van der Waals surface area contributed by atoms with Crippen LogP contribution in [0, 0.1) is 17.0 Å². The summed E-state index contributed by atoms with van der Waals surface area (Å²) in [6, 6.07) is 13.1. The molecular weight excluding hydrogens is 288 g/mol. The number of non-ortho nitro benzene ring substituents is 1. The highest BCUT2D eigenvalue weighted by atomic mass is 35.5. The van der Waals surface area contributed by atoms with E-state index in [-0.39, 0.29) is 11.7 Å². The average Bonchev–Trinajstić information content (AvgIpc) is 2.46. The summed E-state index contributed by atoms with van der Waals surface area (Å²) < 4.78 is 0. The van der Waals surface area contributed by atoms with Gasteiger partial charge >= 0.3 is 0 Å². The van der Waals surface area contributed by atoms with Crippen molar-refractivity contribution in [2.75, 3.05) is 0 Å². The summed E-state index contributed by atoms with van der Waals surface area (Å²) in [6.07, 6.45) is 0. The van der Waals surface area contributed by atoms with Crippen LogP contribution in [0.3, 0.4) is 0 Å². The van der Waals surface area contributed by atoms with E-state index in [1.165, 1.54) is 23.3 Å². The summed E-state index contributed by atoms with van der Waals surface area (Å²) in [5.74, 6) is 0. The lowest BCUT2D eigenvalue weighted by Crippen LogP contribution is -2.18. The third-order valence-corrected chi connectivity index (χ3v) is 3.78. The predicted octanol–water partition coefficient (Wildman–Crippen LogP) is 4.41. The number of nitro groups is 1. The second-order valence-electron chi connectivity index (χ2n) is 5.05. The SMILES string of the molecule is Cc1ccc(C(C)NCc2ccc([N+](=O)[O-])cc2Cl)cc1. The van der Waals surface area contributed by atoms with Gasteiger partial charge in [-0.3, -0.25) is 10.1 Å². The predicted molar refractivity (Wildman–Crippen MR) is 84.5 cm³/mol. The molecule has 5 heteroatoms. The molecule has 2 aromatic carbocycles. The van der Waals surface area contributed by atoms with Gasteiger partial charge in [-0.25, -0.2) is 0 Å². The van der Waals surface area contributed by atoms with E-state index in [9.17, 15) is 10.1 Å². The lowest BCUT2D eigenvalue weighted by molar-refractivity contribution is -0.384. The zero-order chi connectivity index (χ0) is 15.4. The van der Waals surface area contributed by atoms with Crippen molar-refractivity contribution in [3.8, 4) is 0 Å². The van der Waals surface area contributed by atoms with Crippen LogP contribution in [-0.4, -0.2) is 4.92 Å². The average molecular weight is 305 g/mol. The molecule has 0 fully saturated rings. The molecule has 0 aliphatic carbocycles. The number of hydrogen-bond donors (Lipinski definition) is 1. The quantitative estimate of drug-likeness (QED) is 0.657. The molecule has 0 radical (unpaired) electrons. The summed E-state index contributed by atoms with van der Waals surface area (Å²) in [4.78, 5) is 10.2. The molecule has 0 aliphatic heterocycles. The Kier molecular flexibility index (Phi) is 4.94. The molecule has 0 bridgehead atoms. The standard InChI is InChI=1S/C16H17ClN2O2/c1-11-3-5-13(6-4-11)12(2)18-10-14-7-8-15(19(20)21)9-16(14)17/h3-9,12,18H,10H2,1-2H3. The van der Waals surface area contributed by atoms with Crippen LogP contribution in [0.15, 0.2) is 42.5 Å². The maximum atomic E-state index is 10.7. The monoisotopic (exact) mass is 304 g/mol. The van der Waals surface area contributed by atoms with Crippen LogP contribution >= 0.6 is 11.6 Å². The van der Waals surface area contributed by atoms with Crippen LogP contribution in [0.1, 0.15) is 29.7 Å². The van der Waals surface area contributed by atoms with Crippen molar-refractivity contribution in [2.45, 2.75) is 26.4 Å². The van der Waals surface area contributed by atoms with Crippen molar-refractivity contribution in [1.29, 1.82) is 0 Å². The number of nitro benzene ring substituents is 1. The van der Waals surface area contributed by atoms with E-state index in [1.54, 1.807) is 6.07 Å². The molecular formula is C16H17ClN2O2. The Labute approximate surface area is 128 Å². The summed E-state index contributed by atoms with van der Waals surface area (Å²) in [6.45, 7) is 4.69. The van der Waals surface area contributed by atoms with E-state index in [2.05, 4.69) is 43.4 Å². The molecule has 2 aromatic rings. The van der Waals surface area contributed by atoms with Gasteiger partial charge in [-0.05, 0) is 31.0 Å². The molecule has 0 amide bonds. The molecule has 0 saturated carbocycles. The maximum absolute atomic E-state index is 10.7. The molecule has 1 atom stereocenters. The Bertz CT molecular complexity index is 641. The Hall–Kier alpha value is -1.91. The number of hydrogen-bond acceptors (Lipinski definition) is 3. The van der Waals surface area contributed by atoms with E-state index >= 15 is 0 Å². The molecule has 0 aliphatic rings. The summed E-state index contributed by atoms with van der Waals surface area (Å²) in [5.41, 5.74) is 3.28. The highest BCUT2D eigenvalue weighted by molar-refractivity contribution is 6.31. The molecule has 2 rings (SSSR count). The van der Waals surface area contributed by atoms with Crippen LogP contribution in [0.5, 0.6) is 0 Å². The molecule has 1 N–H and O–H groups in total. The maximum Gasteiger partial charge on any atom is 0.270 e. The minimum atomic E-state index is -0.446. The van der Waals surface area contributed by atoms with Gasteiger partial charge in [0, 0.05) is 24.7 Å². The topological polar surface area (TPSA) is 55.2 Å². The third-order valence-electron chi connectivity index (χ3n) is 3.42. The fraction of sp³-hybridized carbons (Fsp3) is 0.250. The van der Waals surface area contributed by atoms with Gasteiger partial charge in [-0.15, -0.1) is 0 Å². The Morgan fingerprint density at radius 2 is 1.90 bits per heavy atom. The minimum Gasteiger partial charge on any atom is -0.306 e. The first-order valence-corrected chi connectivity index (χ1v) is 7.08. The highest BCUT2D eigenvalue weighted by Crippen LogP contribution is 2.23. The number of rotatable bonds is 5. The van der Waals surface area contributed by atoms with Crippen LogP contribution < -0.4 is 5.32 Å². The summed E-state index contributed by atoms with van der Waals surface area (Å²) in [5, 5.41) is 14.5. The number of nitrogens with zero attached hydrogens (tertiary/aromatic N) is 1. The first-order valence-electron chi connectivity index (χ1n) is 6.70. The zero-order valence-electron chi connectivity index (χ0n) is 12.0. The van der Waals surface area contributed by atoms with E-state index in [0.717, 1.165) is 5.56 Å². The van der Waals surface area contributed by atoms with Gasteiger partial charge in [0.15, 0.2) is 0 Å². The first kappa shape index (κ1) is 15.5. The van der Waals surface area contributed by atoms with Crippen LogP contribution in [0.25, 0.3) is 0 Å². The number of benzene rings is 2. The fourth-order valence-corrected chi connectivity index (χ4v) is 2.27. The molecule has 4 nitrogen and oxygen atoms in total. The van der Waals surface area contributed by atoms with E-state index < -0.39 is 4.92 Å². The lowest BCUT2D eigenvalue weighted by Gasteiger charge is -2.15.